The van der Waals surface area contributed by atoms with Gasteiger partial charge in [-0.15, -0.1) is 0 Å². The molecule has 0 aliphatic heterocycles. The molecule has 2 aromatic carbocycles. The van der Waals surface area contributed by atoms with E-state index >= 15 is 0 Å². The van der Waals surface area contributed by atoms with E-state index in [-0.39, 0.29) is 17.8 Å². The van der Waals surface area contributed by atoms with Gasteiger partial charge in [0.15, 0.2) is 11.5 Å². The predicted molar refractivity (Wildman–Crippen MR) is 99.5 cm³/mol. The normalized spacial score (nSPS) is 11.4. The van der Waals surface area contributed by atoms with Gasteiger partial charge in [-0.05, 0) is 56.2 Å². The molecule has 6 heteroatoms. The number of carbonyl (C=O) groups excluding carboxylic acids is 1. The maximum Gasteiger partial charge on any atom is 0.271 e. The summed E-state index contributed by atoms with van der Waals surface area (Å²) in [6, 6.07) is 10.9. The first-order chi connectivity index (χ1) is 12.4. The lowest BCUT2D eigenvalue weighted by Crippen LogP contribution is -2.20. The summed E-state index contributed by atoms with van der Waals surface area (Å²) in [6.45, 7) is 5.74. The van der Waals surface area contributed by atoms with E-state index in [1.54, 1.807) is 30.3 Å². The standard InChI is InChI=1S/C20H23FN2O3/c1-5-17(14-6-9-16(21)10-7-14)22-23-20(24)15-8-11-18(26-13(2)3)19(12-15)25-4/h6-13H,5H2,1-4H3,(H,23,24)/b22-17+. The van der Waals surface area contributed by atoms with Crippen molar-refractivity contribution < 1.29 is 18.7 Å². The molecule has 0 spiro atoms. The van der Waals surface area contributed by atoms with Crippen LogP contribution >= 0.6 is 0 Å². The Morgan fingerprint density at radius 3 is 2.35 bits per heavy atom. The number of rotatable bonds is 7. The van der Waals surface area contributed by atoms with Crippen molar-refractivity contribution in [3.05, 3.63) is 59.4 Å². The Morgan fingerprint density at radius 1 is 1.12 bits per heavy atom. The summed E-state index contributed by atoms with van der Waals surface area (Å²) in [6.07, 6.45) is 0.590. The topological polar surface area (TPSA) is 59.9 Å². The number of benzene rings is 2. The summed E-state index contributed by atoms with van der Waals surface area (Å²) in [5.41, 5.74) is 4.35. The molecule has 26 heavy (non-hydrogen) atoms. The molecule has 5 nitrogen and oxygen atoms in total. The number of hydrogen-bond acceptors (Lipinski definition) is 4. The average Bonchev–Trinajstić information content (AvgIpc) is 2.63. The number of nitrogens with one attached hydrogen (secondary N) is 1. The highest BCUT2D eigenvalue weighted by Gasteiger charge is 2.12. The predicted octanol–water partition coefficient (Wildman–Crippen LogP) is 4.17. The number of amides is 1. The lowest BCUT2D eigenvalue weighted by Gasteiger charge is -2.14. The molecule has 1 amide bonds. The second-order valence-electron chi connectivity index (χ2n) is 5.89. The Hall–Kier alpha value is -2.89. The Bertz CT molecular complexity index is 786. The van der Waals surface area contributed by atoms with E-state index < -0.39 is 0 Å². The molecule has 0 saturated heterocycles. The molecule has 2 aromatic rings. The molecule has 0 atom stereocenters. The van der Waals surface area contributed by atoms with Crippen LogP contribution in [0.3, 0.4) is 0 Å². The summed E-state index contributed by atoms with van der Waals surface area (Å²) >= 11 is 0. The van der Waals surface area contributed by atoms with Gasteiger partial charge in [-0.25, -0.2) is 9.82 Å². The Morgan fingerprint density at radius 2 is 1.77 bits per heavy atom. The van der Waals surface area contributed by atoms with Gasteiger partial charge >= 0.3 is 0 Å². The van der Waals surface area contributed by atoms with E-state index in [0.717, 1.165) is 5.56 Å². The third-order valence-electron chi connectivity index (χ3n) is 3.59. The number of carbonyl (C=O) groups is 1. The van der Waals surface area contributed by atoms with Gasteiger partial charge in [-0.3, -0.25) is 4.79 Å². The van der Waals surface area contributed by atoms with Crippen LogP contribution in [0.25, 0.3) is 0 Å². The molecule has 0 unspecified atom stereocenters. The van der Waals surface area contributed by atoms with E-state index in [1.807, 2.05) is 20.8 Å². The molecule has 0 heterocycles. The number of halogens is 1. The van der Waals surface area contributed by atoms with Gasteiger partial charge in [0.2, 0.25) is 0 Å². The number of hydrogen-bond donors (Lipinski definition) is 1. The molecule has 1 N–H and O–H groups in total. The van der Waals surface area contributed by atoms with Gasteiger partial charge < -0.3 is 9.47 Å². The zero-order chi connectivity index (χ0) is 19.1. The Kier molecular flexibility index (Phi) is 6.72. The van der Waals surface area contributed by atoms with E-state index in [1.165, 1.54) is 19.2 Å². The summed E-state index contributed by atoms with van der Waals surface area (Å²) < 4.78 is 24.0. The SMILES string of the molecule is CC/C(=N\NC(=O)c1ccc(OC(C)C)c(OC)c1)c1ccc(F)cc1. The highest BCUT2D eigenvalue weighted by Crippen LogP contribution is 2.28. The highest BCUT2D eigenvalue weighted by atomic mass is 19.1. The van der Waals surface area contributed by atoms with Crippen LogP contribution in [0.1, 0.15) is 43.1 Å². The van der Waals surface area contributed by atoms with Crippen LogP contribution in [0.4, 0.5) is 4.39 Å². The number of hydrazone groups is 1. The van der Waals surface area contributed by atoms with E-state index in [2.05, 4.69) is 10.5 Å². The molecular weight excluding hydrogens is 335 g/mol. The first-order valence-corrected chi connectivity index (χ1v) is 8.42. The molecular formula is C20H23FN2O3. The van der Waals surface area contributed by atoms with E-state index in [4.69, 9.17) is 9.47 Å². The van der Waals surface area contributed by atoms with Gasteiger partial charge in [0.1, 0.15) is 5.82 Å². The van der Waals surface area contributed by atoms with Crippen LogP contribution < -0.4 is 14.9 Å². The fourth-order valence-electron chi connectivity index (χ4n) is 2.33. The lowest BCUT2D eigenvalue weighted by atomic mass is 10.1. The minimum absolute atomic E-state index is 0.00371. The lowest BCUT2D eigenvalue weighted by molar-refractivity contribution is 0.0954. The average molecular weight is 358 g/mol. The van der Waals surface area contributed by atoms with E-state index in [0.29, 0.717) is 29.2 Å². The minimum atomic E-state index is -0.368. The third-order valence-corrected chi connectivity index (χ3v) is 3.59. The molecule has 138 valence electrons. The summed E-state index contributed by atoms with van der Waals surface area (Å²) in [5.74, 6) is 0.365. The minimum Gasteiger partial charge on any atom is -0.493 e. The van der Waals surface area contributed by atoms with Crippen LogP contribution in [0.2, 0.25) is 0 Å². The number of methoxy groups -OCH3 is 1. The largest absolute Gasteiger partial charge is 0.493 e. The van der Waals surface area contributed by atoms with Crippen LogP contribution in [0.5, 0.6) is 11.5 Å². The maximum atomic E-state index is 13.0. The highest BCUT2D eigenvalue weighted by molar-refractivity contribution is 6.02. The monoisotopic (exact) mass is 358 g/mol. The van der Waals surface area contributed by atoms with Crippen molar-refractivity contribution in [2.45, 2.75) is 33.3 Å². The zero-order valence-corrected chi connectivity index (χ0v) is 15.4. The maximum absolute atomic E-state index is 13.0. The van der Waals surface area contributed by atoms with Crippen molar-refractivity contribution in [2.75, 3.05) is 7.11 Å². The van der Waals surface area contributed by atoms with Gasteiger partial charge in [-0.2, -0.15) is 5.10 Å². The second kappa shape index (κ2) is 8.99. The van der Waals surface area contributed by atoms with Crippen LogP contribution in [-0.4, -0.2) is 24.8 Å². The molecule has 0 fully saturated rings. The number of nitrogens with zero attached hydrogens (tertiary/aromatic N) is 1. The van der Waals surface area contributed by atoms with Crippen molar-refractivity contribution >= 4 is 11.6 Å². The number of ether oxygens (including phenoxy) is 2. The zero-order valence-electron chi connectivity index (χ0n) is 15.4. The molecule has 0 aliphatic carbocycles. The van der Waals surface area contributed by atoms with Gasteiger partial charge in [0.05, 0.1) is 18.9 Å². The van der Waals surface area contributed by atoms with Gasteiger partial charge in [-0.1, -0.05) is 19.1 Å². The fourth-order valence-corrected chi connectivity index (χ4v) is 2.33. The fraction of sp³-hybridized carbons (Fsp3) is 0.300. The van der Waals surface area contributed by atoms with Gasteiger partial charge in [0.25, 0.3) is 5.91 Å². The van der Waals surface area contributed by atoms with E-state index in [9.17, 15) is 9.18 Å². The second-order valence-corrected chi connectivity index (χ2v) is 5.89. The van der Waals surface area contributed by atoms with Gasteiger partial charge in [0, 0.05) is 5.56 Å². The van der Waals surface area contributed by atoms with Crippen LogP contribution in [0, 0.1) is 5.82 Å². The first kappa shape index (κ1) is 19.4. The van der Waals surface area contributed by atoms with Crippen LogP contribution in [-0.2, 0) is 0 Å². The quantitative estimate of drug-likeness (QED) is 0.597. The molecule has 0 aromatic heterocycles. The summed E-state index contributed by atoms with van der Waals surface area (Å²) in [4.78, 5) is 12.4. The molecule has 0 radical (unpaired) electrons. The van der Waals surface area contributed by atoms with Crippen molar-refractivity contribution in [3.63, 3.8) is 0 Å². The molecule has 0 saturated carbocycles. The Labute approximate surface area is 152 Å². The molecule has 2 rings (SSSR count). The van der Waals surface area contributed by atoms with Crippen LogP contribution in [0.15, 0.2) is 47.6 Å². The smallest absolute Gasteiger partial charge is 0.271 e. The van der Waals surface area contributed by atoms with Crippen molar-refractivity contribution in [2.24, 2.45) is 5.10 Å². The molecule has 0 aliphatic rings. The summed E-state index contributed by atoms with van der Waals surface area (Å²) in [7, 11) is 1.52. The molecule has 0 bridgehead atoms. The van der Waals surface area contributed by atoms with Crippen molar-refractivity contribution in [1.29, 1.82) is 0 Å². The summed E-state index contributed by atoms with van der Waals surface area (Å²) in [5, 5.41) is 4.17. The van der Waals surface area contributed by atoms with Crippen molar-refractivity contribution in [3.8, 4) is 11.5 Å². The third kappa shape index (κ3) is 5.05. The van der Waals surface area contributed by atoms with Crippen molar-refractivity contribution in [1.82, 2.24) is 5.43 Å². The first-order valence-electron chi connectivity index (χ1n) is 8.42. The Balaban J connectivity index is 2.16.